The number of aryl methyl sites for hydroxylation is 1. The van der Waals surface area contributed by atoms with Gasteiger partial charge in [-0.15, -0.1) is 0 Å². The topological polar surface area (TPSA) is 92.5 Å². The van der Waals surface area contributed by atoms with E-state index < -0.39 is 9.84 Å². The van der Waals surface area contributed by atoms with E-state index in [4.69, 9.17) is 5.11 Å². The van der Waals surface area contributed by atoms with Crippen LogP contribution in [-0.4, -0.2) is 54.3 Å². The number of rotatable bonds is 6. The third kappa shape index (κ3) is 4.92. The molecule has 1 saturated heterocycles. The zero-order valence-electron chi connectivity index (χ0n) is 14.8. The smallest absolute Gasteiger partial charge is 0.293 e. The maximum atomic E-state index is 13.1. The molecule has 2 heterocycles. The molecule has 3 rings (SSSR count). The standard InChI is InChI=1S/C18H22FN3O4S/c19-15-5-3-14(4-6-15)12-22-13-16(2-1-9-23)20-17(18(22)24)21-7-10-27(25,26)11-8-21/h3-6,13,23H,1-2,7-12H2. The van der Waals surface area contributed by atoms with Gasteiger partial charge >= 0.3 is 0 Å². The van der Waals surface area contributed by atoms with Crippen LogP contribution in [0.3, 0.4) is 0 Å². The second-order valence-corrected chi connectivity index (χ2v) is 8.89. The molecule has 0 bridgehead atoms. The summed E-state index contributed by atoms with van der Waals surface area (Å²) in [5.41, 5.74) is 1.10. The van der Waals surface area contributed by atoms with E-state index >= 15 is 0 Å². The van der Waals surface area contributed by atoms with E-state index in [0.717, 1.165) is 5.56 Å². The number of nitrogens with zero attached hydrogens (tertiary/aromatic N) is 3. The van der Waals surface area contributed by atoms with Crippen molar-refractivity contribution >= 4 is 15.7 Å². The van der Waals surface area contributed by atoms with Crippen molar-refractivity contribution in [3.05, 3.63) is 57.9 Å². The number of aliphatic hydroxyl groups is 1. The Labute approximate surface area is 157 Å². The minimum atomic E-state index is -3.07. The molecule has 1 aliphatic rings. The van der Waals surface area contributed by atoms with Crippen LogP contribution in [0.2, 0.25) is 0 Å². The van der Waals surface area contributed by atoms with E-state index in [1.165, 1.54) is 16.7 Å². The van der Waals surface area contributed by atoms with Crippen molar-refractivity contribution in [2.75, 3.05) is 36.1 Å². The van der Waals surface area contributed by atoms with Crippen LogP contribution in [0.25, 0.3) is 0 Å². The number of hydrogen-bond donors (Lipinski definition) is 1. The zero-order chi connectivity index (χ0) is 19.4. The van der Waals surface area contributed by atoms with E-state index in [0.29, 0.717) is 18.5 Å². The molecule has 27 heavy (non-hydrogen) atoms. The Morgan fingerprint density at radius 1 is 1.15 bits per heavy atom. The summed E-state index contributed by atoms with van der Waals surface area (Å²) in [6, 6.07) is 5.90. The third-order valence-corrected chi connectivity index (χ3v) is 6.12. The molecule has 0 amide bonds. The lowest BCUT2D eigenvalue weighted by atomic mass is 10.2. The van der Waals surface area contributed by atoms with Crippen LogP contribution in [-0.2, 0) is 22.8 Å². The molecule has 1 fully saturated rings. The third-order valence-electron chi connectivity index (χ3n) is 4.51. The molecular formula is C18H22FN3O4S. The summed E-state index contributed by atoms with van der Waals surface area (Å²) in [5.74, 6) is -0.137. The molecule has 0 unspecified atom stereocenters. The average Bonchev–Trinajstić information content (AvgIpc) is 2.64. The van der Waals surface area contributed by atoms with Crippen molar-refractivity contribution in [3.63, 3.8) is 0 Å². The van der Waals surface area contributed by atoms with Gasteiger partial charge in [0, 0.05) is 25.9 Å². The van der Waals surface area contributed by atoms with Crippen molar-refractivity contribution < 1.29 is 17.9 Å². The summed E-state index contributed by atoms with van der Waals surface area (Å²) >= 11 is 0. The lowest BCUT2D eigenvalue weighted by molar-refractivity contribution is 0.288. The Balaban J connectivity index is 1.94. The predicted molar refractivity (Wildman–Crippen MR) is 100 cm³/mol. The molecule has 1 aromatic carbocycles. The van der Waals surface area contributed by atoms with Gasteiger partial charge in [-0.3, -0.25) is 4.79 Å². The van der Waals surface area contributed by atoms with E-state index in [2.05, 4.69) is 4.98 Å². The molecule has 146 valence electrons. The molecule has 0 saturated carbocycles. The zero-order valence-corrected chi connectivity index (χ0v) is 15.7. The van der Waals surface area contributed by atoms with Crippen LogP contribution < -0.4 is 10.5 Å². The van der Waals surface area contributed by atoms with Crippen LogP contribution in [0, 0.1) is 5.82 Å². The summed E-state index contributed by atoms with van der Waals surface area (Å²) in [4.78, 5) is 19.0. The number of sulfone groups is 1. The number of benzene rings is 1. The highest BCUT2D eigenvalue weighted by molar-refractivity contribution is 7.91. The maximum Gasteiger partial charge on any atom is 0.293 e. The Kier molecular flexibility index (Phi) is 5.91. The van der Waals surface area contributed by atoms with Crippen molar-refractivity contribution in [2.24, 2.45) is 0 Å². The van der Waals surface area contributed by atoms with Gasteiger partial charge in [-0.05, 0) is 30.5 Å². The Bertz CT molecular complexity index is 944. The van der Waals surface area contributed by atoms with Gasteiger partial charge in [-0.1, -0.05) is 12.1 Å². The fourth-order valence-corrected chi connectivity index (χ4v) is 4.20. The van der Waals surface area contributed by atoms with Crippen LogP contribution in [0.15, 0.2) is 35.3 Å². The molecule has 2 aromatic rings. The summed E-state index contributed by atoms with van der Waals surface area (Å²) in [7, 11) is -3.07. The quantitative estimate of drug-likeness (QED) is 0.770. The first-order valence-corrected chi connectivity index (χ1v) is 10.6. The monoisotopic (exact) mass is 395 g/mol. The van der Waals surface area contributed by atoms with Gasteiger partial charge in [0.05, 0.1) is 23.7 Å². The minimum Gasteiger partial charge on any atom is -0.396 e. The number of halogens is 1. The first-order valence-electron chi connectivity index (χ1n) is 8.79. The van der Waals surface area contributed by atoms with Gasteiger partial charge in [0.1, 0.15) is 5.82 Å². The van der Waals surface area contributed by atoms with Gasteiger partial charge in [-0.25, -0.2) is 17.8 Å². The minimum absolute atomic E-state index is 0.00699. The lowest BCUT2D eigenvalue weighted by Gasteiger charge is -2.28. The molecule has 7 nitrogen and oxygen atoms in total. The summed E-state index contributed by atoms with van der Waals surface area (Å²) in [5, 5.41) is 9.08. The van der Waals surface area contributed by atoms with Gasteiger partial charge < -0.3 is 14.6 Å². The average molecular weight is 395 g/mol. The van der Waals surface area contributed by atoms with Crippen molar-refractivity contribution in [1.82, 2.24) is 9.55 Å². The number of anilines is 1. The number of aliphatic hydroxyl groups excluding tert-OH is 1. The SMILES string of the molecule is O=c1c(N2CCS(=O)(=O)CC2)nc(CCCO)cn1Cc1ccc(F)cc1. The lowest BCUT2D eigenvalue weighted by Crippen LogP contribution is -2.44. The summed E-state index contributed by atoms with van der Waals surface area (Å²) in [6.07, 6.45) is 2.65. The van der Waals surface area contributed by atoms with Gasteiger partial charge in [0.15, 0.2) is 15.7 Å². The summed E-state index contributed by atoms with van der Waals surface area (Å²) < 4.78 is 38.0. The second-order valence-electron chi connectivity index (χ2n) is 6.58. The largest absolute Gasteiger partial charge is 0.396 e. The molecule has 1 aromatic heterocycles. The molecule has 0 aliphatic carbocycles. The van der Waals surface area contributed by atoms with Gasteiger partial charge in [-0.2, -0.15) is 0 Å². The van der Waals surface area contributed by atoms with Gasteiger partial charge in [0.25, 0.3) is 5.56 Å². The Morgan fingerprint density at radius 2 is 1.81 bits per heavy atom. The van der Waals surface area contributed by atoms with Crippen LogP contribution in [0.1, 0.15) is 17.7 Å². The first kappa shape index (κ1) is 19.5. The Morgan fingerprint density at radius 3 is 2.44 bits per heavy atom. The fourth-order valence-electron chi connectivity index (χ4n) is 2.99. The van der Waals surface area contributed by atoms with Crippen molar-refractivity contribution in [3.8, 4) is 0 Å². The van der Waals surface area contributed by atoms with E-state index in [1.54, 1.807) is 23.2 Å². The maximum absolute atomic E-state index is 13.1. The normalized spacial score (nSPS) is 16.4. The highest BCUT2D eigenvalue weighted by atomic mass is 32.2. The van der Waals surface area contributed by atoms with Crippen LogP contribution in [0.4, 0.5) is 10.2 Å². The molecule has 0 atom stereocenters. The highest BCUT2D eigenvalue weighted by Crippen LogP contribution is 2.13. The molecule has 9 heteroatoms. The second kappa shape index (κ2) is 8.18. The number of aromatic nitrogens is 2. The molecule has 1 aliphatic heterocycles. The fraction of sp³-hybridized carbons (Fsp3) is 0.444. The van der Waals surface area contributed by atoms with Crippen LogP contribution in [0.5, 0.6) is 0 Å². The molecular weight excluding hydrogens is 373 g/mol. The molecule has 1 N–H and O–H groups in total. The van der Waals surface area contributed by atoms with Crippen molar-refractivity contribution in [1.29, 1.82) is 0 Å². The summed E-state index contributed by atoms with van der Waals surface area (Å²) in [6.45, 7) is 0.720. The van der Waals surface area contributed by atoms with Crippen LogP contribution >= 0.6 is 0 Å². The highest BCUT2D eigenvalue weighted by Gasteiger charge is 2.25. The van der Waals surface area contributed by atoms with E-state index in [1.807, 2.05) is 0 Å². The van der Waals surface area contributed by atoms with Crippen molar-refractivity contribution in [2.45, 2.75) is 19.4 Å². The Hall–Kier alpha value is -2.26. The predicted octanol–water partition coefficient (Wildman–Crippen LogP) is 0.590. The van der Waals surface area contributed by atoms with E-state index in [9.17, 15) is 17.6 Å². The van der Waals surface area contributed by atoms with Gasteiger partial charge in [0.2, 0.25) is 0 Å². The first-order chi connectivity index (χ1) is 12.9. The molecule has 0 spiro atoms. The number of hydrogen-bond acceptors (Lipinski definition) is 6. The molecule has 0 radical (unpaired) electrons. The van der Waals surface area contributed by atoms with E-state index in [-0.39, 0.29) is 54.9 Å².